The van der Waals surface area contributed by atoms with Crippen molar-refractivity contribution in [3.05, 3.63) is 78.2 Å². The van der Waals surface area contributed by atoms with Crippen molar-refractivity contribution >= 4 is 23.1 Å². The van der Waals surface area contributed by atoms with Crippen LogP contribution in [-0.2, 0) is 20.0 Å². The smallest absolute Gasteiger partial charge is 0.229 e. The highest BCUT2D eigenvalue weighted by atomic mass is 16.3. The average Bonchev–Trinajstić information content (AvgIpc) is 3.34. The molecule has 0 fully saturated rings. The maximum absolute atomic E-state index is 9.91. The van der Waals surface area contributed by atoms with Crippen molar-refractivity contribution in [3.63, 3.8) is 0 Å². The standard InChI is InChI=1S/C28H33N7O/c1-3-14-34-15-13-26-25(20-34)27(35(16-17-36)24-7-5-4-6-8-24)32-28(31-26)30-23-11-9-21(10-12-23)22-18-29-33(2)19-22/h4-12,18-19,36H,3,13-17,20H2,1-2H3,(H,30,31,32). The number of hydrogen-bond acceptors (Lipinski definition) is 7. The van der Waals surface area contributed by atoms with Crippen molar-refractivity contribution in [2.45, 2.75) is 26.3 Å². The number of nitrogens with one attached hydrogen (secondary N) is 1. The predicted molar refractivity (Wildman–Crippen MR) is 144 cm³/mol. The third-order valence-electron chi connectivity index (χ3n) is 6.48. The number of aliphatic hydroxyl groups excluding tert-OH is 1. The van der Waals surface area contributed by atoms with Gasteiger partial charge in [0.1, 0.15) is 5.82 Å². The van der Waals surface area contributed by atoms with Crippen molar-refractivity contribution in [1.82, 2.24) is 24.6 Å². The van der Waals surface area contributed by atoms with Crippen molar-refractivity contribution in [2.75, 3.05) is 36.5 Å². The van der Waals surface area contributed by atoms with Gasteiger partial charge in [0.15, 0.2) is 0 Å². The summed E-state index contributed by atoms with van der Waals surface area (Å²) in [7, 11) is 1.92. The van der Waals surface area contributed by atoms with Gasteiger partial charge in [-0.3, -0.25) is 9.58 Å². The predicted octanol–water partition coefficient (Wildman–Crippen LogP) is 4.52. The Kier molecular flexibility index (Phi) is 7.25. The zero-order chi connectivity index (χ0) is 24.9. The number of benzene rings is 2. The third kappa shape index (κ3) is 5.24. The van der Waals surface area contributed by atoms with Crippen LogP contribution in [0, 0.1) is 0 Å². The number of aliphatic hydroxyl groups is 1. The molecule has 4 aromatic rings. The molecule has 2 N–H and O–H groups in total. The van der Waals surface area contributed by atoms with Gasteiger partial charge in [-0.25, -0.2) is 4.98 Å². The summed E-state index contributed by atoms with van der Waals surface area (Å²) in [5, 5.41) is 17.6. The second-order valence-electron chi connectivity index (χ2n) is 9.14. The molecule has 1 aliphatic rings. The molecule has 0 amide bonds. The fraction of sp³-hybridized carbons (Fsp3) is 0.321. The molecule has 0 unspecified atom stereocenters. The molecule has 3 heterocycles. The maximum atomic E-state index is 9.91. The first-order chi connectivity index (χ1) is 17.6. The van der Waals surface area contributed by atoms with Crippen LogP contribution in [0.4, 0.5) is 23.1 Å². The van der Waals surface area contributed by atoms with Crippen molar-refractivity contribution in [3.8, 4) is 11.1 Å². The summed E-state index contributed by atoms with van der Waals surface area (Å²) in [4.78, 5) is 14.5. The Morgan fingerprint density at radius 3 is 2.53 bits per heavy atom. The molecule has 2 aromatic heterocycles. The van der Waals surface area contributed by atoms with E-state index in [4.69, 9.17) is 9.97 Å². The fourth-order valence-corrected chi connectivity index (χ4v) is 4.75. The van der Waals surface area contributed by atoms with E-state index >= 15 is 0 Å². The second-order valence-corrected chi connectivity index (χ2v) is 9.14. The normalized spacial score (nSPS) is 13.4. The SMILES string of the molecule is CCCN1CCc2nc(Nc3ccc(-c4cnn(C)c4)cc3)nc(N(CCO)c3ccccc3)c2C1. The summed E-state index contributed by atoms with van der Waals surface area (Å²) in [6.07, 6.45) is 5.85. The lowest BCUT2D eigenvalue weighted by Crippen LogP contribution is -2.34. The number of fused-ring (bicyclic) bond motifs is 1. The number of aryl methyl sites for hydroxylation is 1. The Labute approximate surface area is 212 Å². The molecule has 5 rings (SSSR count). The molecule has 0 atom stereocenters. The lowest BCUT2D eigenvalue weighted by Gasteiger charge is -2.33. The van der Waals surface area contributed by atoms with Gasteiger partial charge in [0.05, 0.1) is 18.5 Å². The van der Waals surface area contributed by atoms with E-state index in [1.54, 1.807) is 4.68 Å². The second kappa shape index (κ2) is 10.9. The zero-order valence-corrected chi connectivity index (χ0v) is 20.9. The van der Waals surface area contributed by atoms with Gasteiger partial charge in [0, 0.05) is 61.8 Å². The molecule has 0 aliphatic carbocycles. The van der Waals surface area contributed by atoms with Crippen LogP contribution < -0.4 is 10.2 Å². The number of nitrogens with zero attached hydrogens (tertiary/aromatic N) is 6. The Balaban J connectivity index is 1.49. The van der Waals surface area contributed by atoms with Gasteiger partial charge in [-0.1, -0.05) is 37.3 Å². The molecular weight excluding hydrogens is 450 g/mol. The Hall–Kier alpha value is -3.75. The van der Waals surface area contributed by atoms with Crippen LogP contribution in [0.1, 0.15) is 24.6 Å². The highest BCUT2D eigenvalue weighted by Gasteiger charge is 2.25. The summed E-state index contributed by atoms with van der Waals surface area (Å²) in [6.45, 7) is 5.55. The van der Waals surface area contributed by atoms with E-state index in [-0.39, 0.29) is 6.61 Å². The molecule has 0 saturated carbocycles. The molecule has 8 heteroatoms. The molecule has 1 aliphatic heterocycles. The van der Waals surface area contributed by atoms with Crippen LogP contribution in [0.25, 0.3) is 11.1 Å². The Morgan fingerprint density at radius 2 is 1.83 bits per heavy atom. The topological polar surface area (TPSA) is 82.3 Å². The van der Waals surface area contributed by atoms with Gasteiger partial charge < -0.3 is 15.3 Å². The van der Waals surface area contributed by atoms with Crippen LogP contribution in [0.5, 0.6) is 0 Å². The Morgan fingerprint density at radius 1 is 1.03 bits per heavy atom. The van der Waals surface area contributed by atoms with Crippen LogP contribution in [0.3, 0.4) is 0 Å². The van der Waals surface area contributed by atoms with Crippen LogP contribution in [0.2, 0.25) is 0 Å². The number of hydrogen-bond donors (Lipinski definition) is 2. The van der Waals surface area contributed by atoms with E-state index in [1.807, 2.05) is 49.8 Å². The van der Waals surface area contributed by atoms with Crippen LogP contribution >= 0.6 is 0 Å². The zero-order valence-electron chi connectivity index (χ0n) is 20.9. The molecule has 0 radical (unpaired) electrons. The summed E-state index contributed by atoms with van der Waals surface area (Å²) in [5.74, 6) is 1.43. The molecule has 186 valence electrons. The molecular formula is C28H33N7O. The first-order valence-corrected chi connectivity index (χ1v) is 12.6. The van der Waals surface area contributed by atoms with Gasteiger partial charge in [0.2, 0.25) is 5.95 Å². The first-order valence-electron chi connectivity index (χ1n) is 12.6. The molecule has 36 heavy (non-hydrogen) atoms. The number of anilines is 4. The highest BCUT2D eigenvalue weighted by Crippen LogP contribution is 2.33. The van der Waals surface area contributed by atoms with Gasteiger partial charge in [0.25, 0.3) is 0 Å². The summed E-state index contributed by atoms with van der Waals surface area (Å²) in [5.41, 5.74) is 6.33. The lowest BCUT2D eigenvalue weighted by atomic mass is 10.0. The number of aromatic nitrogens is 4. The quantitative estimate of drug-likeness (QED) is 0.362. The van der Waals surface area contributed by atoms with E-state index in [9.17, 15) is 5.11 Å². The van der Waals surface area contributed by atoms with Crippen molar-refractivity contribution < 1.29 is 5.11 Å². The summed E-state index contributed by atoms with van der Waals surface area (Å²) in [6, 6.07) is 18.4. The summed E-state index contributed by atoms with van der Waals surface area (Å²) < 4.78 is 1.80. The molecule has 2 aromatic carbocycles. The highest BCUT2D eigenvalue weighted by molar-refractivity contribution is 5.69. The number of rotatable bonds is 9. The first kappa shape index (κ1) is 24.0. The fourth-order valence-electron chi connectivity index (χ4n) is 4.75. The van der Waals surface area contributed by atoms with Gasteiger partial charge in [-0.15, -0.1) is 0 Å². The van der Waals surface area contributed by atoms with Crippen LogP contribution in [0.15, 0.2) is 67.0 Å². The molecule has 8 nitrogen and oxygen atoms in total. The molecule has 0 saturated heterocycles. The van der Waals surface area contributed by atoms with Gasteiger partial charge in [-0.2, -0.15) is 10.1 Å². The van der Waals surface area contributed by atoms with Crippen LogP contribution in [-0.4, -0.2) is 56.0 Å². The van der Waals surface area contributed by atoms with E-state index in [1.165, 1.54) is 0 Å². The van der Waals surface area contributed by atoms with Gasteiger partial charge in [-0.05, 0) is 42.8 Å². The average molecular weight is 484 g/mol. The van der Waals surface area contributed by atoms with E-state index < -0.39 is 0 Å². The van der Waals surface area contributed by atoms with Crippen molar-refractivity contribution in [1.29, 1.82) is 0 Å². The minimum atomic E-state index is 0.0327. The summed E-state index contributed by atoms with van der Waals surface area (Å²) >= 11 is 0. The monoisotopic (exact) mass is 483 g/mol. The molecule has 0 spiro atoms. The maximum Gasteiger partial charge on any atom is 0.229 e. The van der Waals surface area contributed by atoms with E-state index in [0.29, 0.717) is 12.5 Å². The number of para-hydroxylation sites is 1. The minimum absolute atomic E-state index is 0.0327. The largest absolute Gasteiger partial charge is 0.395 e. The van der Waals surface area contributed by atoms with E-state index in [2.05, 4.69) is 51.4 Å². The molecule has 0 bridgehead atoms. The van der Waals surface area contributed by atoms with Crippen molar-refractivity contribution in [2.24, 2.45) is 7.05 Å². The Bertz CT molecular complexity index is 1290. The van der Waals surface area contributed by atoms with E-state index in [0.717, 1.165) is 72.1 Å². The minimum Gasteiger partial charge on any atom is -0.395 e. The lowest BCUT2D eigenvalue weighted by molar-refractivity contribution is 0.252. The third-order valence-corrected chi connectivity index (χ3v) is 6.48. The van der Waals surface area contributed by atoms with Gasteiger partial charge >= 0.3 is 0 Å².